The minimum Gasteiger partial charge on any atom is -0.325 e. The first-order valence-electron chi connectivity index (χ1n) is 4.26. The Balaban J connectivity index is 2.86. The molecule has 4 heteroatoms. The van der Waals surface area contributed by atoms with E-state index in [1.54, 1.807) is 12.1 Å². The van der Waals surface area contributed by atoms with Gasteiger partial charge in [0, 0.05) is 10.4 Å². The van der Waals surface area contributed by atoms with Crippen LogP contribution in [-0.2, 0) is 4.79 Å². The molecule has 1 amide bonds. The van der Waals surface area contributed by atoms with Crippen LogP contribution in [0.4, 0.5) is 5.69 Å². The summed E-state index contributed by atoms with van der Waals surface area (Å²) < 4.78 is 0.890. The summed E-state index contributed by atoms with van der Waals surface area (Å²) in [6.07, 6.45) is 0. The van der Waals surface area contributed by atoms with Crippen LogP contribution in [0.2, 0.25) is 5.02 Å². The molecule has 0 unspecified atom stereocenters. The van der Waals surface area contributed by atoms with Crippen molar-refractivity contribution in [2.45, 2.75) is 13.8 Å². The second-order valence-electron chi connectivity index (χ2n) is 3.27. The molecule has 1 rings (SSSR count). The van der Waals surface area contributed by atoms with E-state index in [9.17, 15) is 4.79 Å². The highest BCUT2D eigenvalue weighted by Crippen LogP contribution is 2.25. The van der Waals surface area contributed by atoms with Crippen molar-refractivity contribution in [3.8, 4) is 0 Å². The van der Waals surface area contributed by atoms with E-state index < -0.39 is 0 Å². The highest BCUT2D eigenvalue weighted by atomic mass is 79.9. The van der Waals surface area contributed by atoms with Crippen LogP contribution in [0.25, 0.3) is 0 Å². The second-order valence-corrected chi connectivity index (χ2v) is 4.59. The summed E-state index contributed by atoms with van der Waals surface area (Å²) in [5.41, 5.74) is 0.639. The van der Waals surface area contributed by atoms with Crippen molar-refractivity contribution >= 4 is 39.1 Å². The van der Waals surface area contributed by atoms with Crippen LogP contribution in [0, 0.1) is 5.92 Å². The van der Waals surface area contributed by atoms with Gasteiger partial charge < -0.3 is 5.32 Å². The van der Waals surface area contributed by atoms with Gasteiger partial charge in [0.2, 0.25) is 5.91 Å². The van der Waals surface area contributed by atoms with Gasteiger partial charge >= 0.3 is 0 Å². The quantitative estimate of drug-likeness (QED) is 0.877. The molecule has 0 radical (unpaired) electrons. The molecule has 0 aliphatic rings. The molecule has 14 heavy (non-hydrogen) atoms. The maximum absolute atomic E-state index is 11.4. The maximum Gasteiger partial charge on any atom is 0.226 e. The van der Waals surface area contributed by atoms with Crippen LogP contribution in [0.1, 0.15) is 13.8 Å². The molecule has 0 heterocycles. The predicted octanol–water partition coefficient (Wildman–Crippen LogP) is 3.70. The molecule has 0 aromatic heterocycles. The van der Waals surface area contributed by atoms with Gasteiger partial charge in [0.05, 0.1) is 10.7 Å². The summed E-state index contributed by atoms with van der Waals surface area (Å²) in [5.74, 6) is -0.0879. The van der Waals surface area contributed by atoms with Gasteiger partial charge in [0.15, 0.2) is 0 Å². The summed E-state index contributed by atoms with van der Waals surface area (Å²) in [7, 11) is 0. The first-order valence-corrected chi connectivity index (χ1v) is 5.43. The molecule has 76 valence electrons. The number of hydrogen-bond donors (Lipinski definition) is 1. The number of hydrogen-bond acceptors (Lipinski definition) is 1. The number of amides is 1. The van der Waals surface area contributed by atoms with Crippen molar-refractivity contribution in [2.75, 3.05) is 5.32 Å². The Kier molecular flexibility index (Phi) is 3.96. The third kappa shape index (κ3) is 3.00. The molecule has 0 saturated heterocycles. The lowest BCUT2D eigenvalue weighted by Gasteiger charge is -2.09. The van der Waals surface area contributed by atoms with E-state index >= 15 is 0 Å². The lowest BCUT2D eigenvalue weighted by molar-refractivity contribution is -0.118. The fourth-order valence-electron chi connectivity index (χ4n) is 0.870. The monoisotopic (exact) mass is 275 g/mol. The highest BCUT2D eigenvalue weighted by molar-refractivity contribution is 9.10. The summed E-state index contributed by atoms with van der Waals surface area (Å²) in [6, 6.07) is 5.34. The van der Waals surface area contributed by atoms with Crippen molar-refractivity contribution < 1.29 is 4.79 Å². The summed E-state index contributed by atoms with van der Waals surface area (Å²) >= 11 is 9.22. The average Bonchev–Trinajstić information content (AvgIpc) is 2.11. The summed E-state index contributed by atoms with van der Waals surface area (Å²) in [5, 5.41) is 3.29. The summed E-state index contributed by atoms with van der Waals surface area (Å²) in [4.78, 5) is 11.4. The zero-order valence-corrected chi connectivity index (χ0v) is 10.3. The van der Waals surface area contributed by atoms with Crippen LogP contribution >= 0.6 is 27.5 Å². The number of benzene rings is 1. The number of halogens is 2. The van der Waals surface area contributed by atoms with Crippen molar-refractivity contribution in [3.05, 3.63) is 27.7 Å². The molecule has 0 aliphatic carbocycles. The number of rotatable bonds is 2. The first-order chi connectivity index (χ1) is 6.50. The van der Waals surface area contributed by atoms with Gasteiger partial charge in [0.1, 0.15) is 0 Å². The first kappa shape index (κ1) is 11.5. The molecular formula is C10H11BrClNO. The average molecular weight is 277 g/mol. The van der Waals surface area contributed by atoms with Crippen molar-refractivity contribution in [1.29, 1.82) is 0 Å². The zero-order chi connectivity index (χ0) is 10.7. The molecule has 0 saturated carbocycles. The largest absolute Gasteiger partial charge is 0.325 e. The van der Waals surface area contributed by atoms with Gasteiger partial charge in [-0.25, -0.2) is 0 Å². The van der Waals surface area contributed by atoms with E-state index in [1.165, 1.54) is 0 Å². The Bertz CT molecular complexity index is 352. The summed E-state index contributed by atoms with van der Waals surface area (Å²) in [6.45, 7) is 3.67. The number of carbonyl (C=O) groups is 1. The predicted molar refractivity (Wildman–Crippen MR) is 62.6 cm³/mol. The van der Waals surface area contributed by atoms with Gasteiger partial charge in [-0.15, -0.1) is 0 Å². The van der Waals surface area contributed by atoms with E-state index in [1.807, 2.05) is 19.9 Å². The van der Waals surface area contributed by atoms with Crippen LogP contribution in [0.5, 0.6) is 0 Å². The molecule has 0 bridgehead atoms. The second kappa shape index (κ2) is 4.80. The molecule has 1 N–H and O–H groups in total. The minimum atomic E-state index is -0.0509. The molecule has 2 nitrogen and oxygen atoms in total. The van der Waals surface area contributed by atoms with E-state index in [0.717, 1.165) is 4.47 Å². The smallest absolute Gasteiger partial charge is 0.226 e. The maximum atomic E-state index is 11.4. The number of nitrogens with one attached hydrogen (secondary N) is 1. The van der Waals surface area contributed by atoms with E-state index in [0.29, 0.717) is 10.7 Å². The van der Waals surface area contributed by atoms with E-state index in [4.69, 9.17) is 11.6 Å². The van der Waals surface area contributed by atoms with Crippen LogP contribution in [-0.4, -0.2) is 5.91 Å². The lowest BCUT2D eigenvalue weighted by Crippen LogP contribution is -2.17. The molecule has 0 fully saturated rings. The van der Waals surface area contributed by atoms with Gasteiger partial charge in [-0.05, 0) is 18.2 Å². The molecule has 0 atom stereocenters. The van der Waals surface area contributed by atoms with Gasteiger partial charge in [-0.2, -0.15) is 0 Å². The topological polar surface area (TPSA) is 29.1 Å². The molecule has 1 aromatic carbocycles. The van der Waals surface area contributed by atoms with E-state index in [2.05, 4.69) is 21.2 Å². The van der Waals surface area contributed by atoms with E-state index in [-0.39, 0.29) is 11.8 Å². The number of anilines is 1. The highest BCUT2D eigenvalue weighted by Gasteiger charge is 2.09. The SMILES string of the molecule is CC(C)C(=O)Nc1cc(Br)ccc1Cl. The van der Waals surface area contributed by atoms with Crippen molar-refractivity contribution in [1.82, 2.24) is 0 Å². The molecule has 1 aromatic rings. The lowest BCUT2D eigenvalue weighted by atomic mass is 10.2. The van der Waals surface area contributed by atoms with Crippen LogP contribution in [0.3, 0.4) is 0 Å². The van der Waals surface area contributed by atoms with Gasteiger partial charge in [-0.3, -0.25) is 4.79 Å². The van der Waals surface area contributed by atoms with Crippen molar-refractivity contribution in [3.63, 3.8) is 0 Å². The third-order valence-corrected chi connectivity index (χ3v) is 2.53. The van der Waals surface area contributed by atoms with Gasteiger partial charge in [0.25, 0.3) is 0 Å². The van der Waals surface area contributed by atoms with Crippen LogP contribution in [0.15, 0.2) is 22.7 Å². The minimum absolute atomic E-state index is 0.0370. The Morgan fingerprint density at radius 3 is 2.71 bits per heavy atom. The Morgan fingerprint density at radius 2 is 2.14 bits per heavy atom. The third-order valence-electron chi connectivity index (χ3n) is 1.71. The van der Waals surface area contributed by atoms with Gasteiger partial charge in [-0.1, -0.05) is 41.4 Å². The fraction of sp³-hybridized carbons (Fsp3) is 0.300. The molecule has 0 aliphatic heterocycles. The molecule has 0 spiro atoms. The normalized spacial score (nSPS) is 10.4. The van der Waals surface area contributed by atoms with Crippen LogP contribution < -0.4 is 5.32 Å². The Morgan fingerprint density at radius 1 is 1.50 bits per heavy atom. The standard InChI is InChI=1S/C10H11BrClNO/c1-6(2)10(14)13-9-5-7(11)3-4-8(9)12/h3-6H,1-2H3,(H,13,14). The Hall–Kier alpha value is -0.540. The van der Waals surface area contributed by atoms with Crippen molar-refractivity contribution in [2.24, 2.45) is 5.92 Å². The zero-order valence-electron chi connectivity index (χ0n) is 7.97. The number of carbonyl (C=O) groups excluding carboxylic acids is 1. The fourth-order valence-corrected chi connectivity index (χ4v) is 1.40. The Labute approximate surface area is 96.8 Å². The molecular weight excluding hydrogens is 265 g/mol.